The molecule has 8 heteroatoms. The molecule has 3 aromatic rings. The number of fused-ring (bicyclic) bond motifs is 1. The maximum absolute atomic E-state index is 14.2. The Morgan fingerprint density at radius 3 is 2.42 bits per heavy atom. The quantitative estimate of drug-likeness (QED) is 0.422. The molecule has 0 aliphatic carbocycles. The number of nitrogens with zero attached hydrogens (tertiary/aromatic N) is 2. The van der Waals surface area contributed by atoms with Crippen LogP contribution in [-0.4, -0.2) is 40.7 Å². The molecule has 1 unspecified atom stereocenters. The molecule has 0 aromatic heterocycles. The topological polar surface area (TPSA) is 61.9 Å². The first-order chi connectivity index (χ1) is 19.4. The van der Waals surface area contributed by atoms with Crippen LogP contribution >= 0.6 is 0 Å². The normalized spacial score (nSPS) is 20.4. The van der Waals surface area contributed by atoms with Crippen LogP contribution in [0.3, 0.4) is 0 Å². The molecule has 2 fully saturated rings. The van der Waals surface area contributed by atoms with Crippen molar-refractivity contribution in [3.05, 3.63) is 100 Å². The third-order valence-corrected chi connectivity index (χ3v) is 8.43. The zero-order valence-corrected chi connectivity index (χ0v) is 22.4. The number of hydrogen-bond donors (Lipinski definition) is 1. The third-order valence-electron chi connectivity index (χ3n) is 8.43. The molecule has 208 valence electrons. The fourth-order valence-electron chi connectivity index (χ4n) is 6.20. The van der Waals surface area contributed by atoms with Crippen LogP contribution < -0.4 is 10.1 Å². The van der Waals surface area contributed by atoms with Crippen LogP contribution in [0.25, 0.3) is 0 Å². The van der Waals surface area contributed by atoms with E-state index in [1.807, 2.05) is 12.1 Å². The smallest absolute Gasteiger partial charge is 0.243 e. The van der Waals surface area contributed by atoms with Crippen LogP contribution in [0.1, 0.15) is 59.4 Å². The van der Waals surface area contributed by atoms with Gasteiger partial charge < -0.3 is 4.74 Å². The van der Waals surface area contributed by atoms with Gasteiger partial charge in [-0.25, -0.2) is 8.78 Å². The third kappa shape index (κ3) is 5.78. The number of carbonyl (C=O) groups excluding carboxylic acids is 2. The zero-order valence-electron chi connectivity index (χ0n) is 22.4. The number of carbonyl (C=O) groups is 2. The first-order valence-corrected chi connectivity index (χ1v) is 14.0. The molecule has 3 heterocycles. The molecular formula is C32H33F2N3O3. The minimum atomic E-state index is -0.531. The molecule has 6 rings (SSSR count). The Hall–Kier alpha value is -3.62. The van der Waals surface area contributed by atoms with Gasteiger partial charge in [0.1, 0.15) is 24.0 Å². The number of piperidine rings is 2. The highest BCUT2D eigenvalue weighted by molar-refractivity contribution is 6.00. The van der Waals surface area contributed by atoms with E-state index in [0.717, 1.165) is 61.0 Å². The number of halogens is 2. The Balaban J connectivity index is 1.01. The average Bonchev–Trinajstić information content (AvgIpc) is 3.38. The molecule has 1 atom stereocenters. The van der Waals surface area contributed by atoms with E-state index < -0.39 is 11.6 Å². The number of rotatable bonds is 7. The van der Waals surface area contributed by atoms with E-state index in [4.69, 9.17) is 4.74 Å². The van der Waals surface area contributed by atoms with Gasteiger partial charge in [-0.05, 0) is 72.7 Å². The number of nitrogens with one attached hydrogen (secondary N) is 1. The summed E-state index contributed by atoms with van der Waals surface area (Å²) < 4.78 is 33.7. The fraction of sp³-hybridized carbons (Fsp3) is 0.375. The monoisotopic (exact) mass is 545 g/mol. The van der Waals surface area contributed by atoms with Crippen molar-refractivity contribution in [2.75, 3.05) is 13.1 Å². The van der Waals surface area contributed by atoms with Crippen LogP contribution in [0.15, 0.2) is 60.7 Å². The summed E-state index contributed by atoms with van der Waals surface area (Å²) in [7, 11) is 0. The van der Waals surface area contributed by atoms with Gasteiger partial charge in [0.25, 0.3) is 0 Å². The van der Waals surface area contributed by atoms with Crippen molar-refractivity contribution in [1.29, 1.82) is 0 Å². The molecule has 0 spiro atoms. The minimum Gasteiger partial charge on any atom is -0.489 e. The van der Waals surface area contributed by atoms with Gasteiger partial charge >= 0.3 is 0 Å². The van der Waals surface area contributed by atoms with Crippen molar-refractivity contribution >= 4 is 11.8 Å². The molecule has 2 saturated heterocycles. The molecule has 0 radical (unpaired) electrons. The summed E-state index contributed by atoms with van der Waals surface area (Å²) in [5.74, 6) is -0.419. The van der Waals surface area contributed by atoms with Gasteiger partial charge in [0.2, 0.25) is 11.8 Å². The average molecular weight is 546 g/mol. The predicted molar refractivity (Wildman–Crippen MR) is 146 cm³/mol. The predicted octanol–water partition coefficient (Wildman–Crippen LogP) is 5.04. The Kier molecular flexibility index (Phi) is 7.63. The molecule has 2 amide bonds. The van der Waals surface area contributed by atoms with E-state index in [-0.39, 0.29) is 23.8 Å². The second-order valence-corrected chi connectivity index (χ2v) is 11.1. The fourth-order valence-corrected chi connectivity index (χ4v) is 6.20. The van der Waals surface area contributed by atoms with Crippen molar-refractivity contribution in [3.63, 3.8) is 0 Å². The standard InChI is InChI=1S/C32H33F2N3O3/c33-25-8-9-26(28(34)16-25)23-12-14-36(15-13-23)17-21-4-6-22(7-5-21)20-40-30-3-1-2-24-18-37(19-27(24)30)29-10-11-31(38)35-32(29)39/h1-9,16,23,29H,10-15,17-20H2,(H,35,38,39). The molecule has 6 nitrogen and oxygen atoms in total. The zero-order chi connectivity index (χ0) is 27.6. The lowest BCUT2D eigenvalue weighted by atomic mass is 9.89. The van der Waals surface area contributed by atoms with E-state index in [2.05, 4.69) is 45.4 Å². The van der Waals surface area contributed by atoms with E-state index in [1.54, 1.807) is 6.07 Å². The Labute approximate surface area is 232 Å². The van der Waals surface area contributed by atoms with Crippen molar-refractivity contribution < 1.29 is 23.1 Å². The lowest BCUT2D eigenvalue weighted by Gasteiger charge is -2.32. The molecule has 1 N–H and O–H groups in total. The first kappa shape index (κ1) is 26.6. The molecule has 0 bridgehead atoms. The number of likely N-dealkylation sites (tertiary alicyclic amines) is 1. The maximum atomic E-state index is 14.2. The Morgan fingerprint density at radius 2 is 1.68 bits per heavy atom. The van der Waals surface area contributed by atoms with E-state index in [9.17, 15) is 18.4 Å². The van der Waals surface area contributed by atoms with Crippen molar-refractivity contribution in [2.45, 2.75) is 63.9 Å². The van der Waals surface area contributed by atoms with Gasteiger partial charge in [0.05, 0.1) is 6.04 Å². The molecule has 3 aliphatic rings. The summed E-state index contributed by atoms with van der Waals surface area (Å²) in [6.07, 6.45) is 2.64. The molecule has 3 aliphatic heterocycles. The molecular weight excluding hydrogens is 512 g/mol. The van der Waals surface area contributed by atoms with Crippen LogP contribution in [-0.2, 0) is 35.8 Å². The number of imide groups is 1. The molecule has 40 heavy (non-hydrogen) atoms. The van der Waals surface area contributed by atoms with Gasteiger partial charge in [-0.2, -0.15) is 0 Å². The van der Waals surface area contributed by atoms with Gasteiger partial charge in [-0.1, -0.05) is 42.5 Å². The summed E-state index contributed by atoms with van der Waals surface area (Å²) in [4.78, 5) is 28.4. The highest BCUT2D eigenvalue weighted by Crippen LogP contribution is 2.34. The second kappa shape index (κ2) is 11.5. The van der Waals surface area contributed by atoms with Gasteiger partial charge in [-0.15, -0.1) is 0 Å². The lowest BCUT2D eigenvalue weighted by Crippen LogP contribution is -2.50. The van der Waals surface area contributed by atoms with Gasteiger partial charge in [0, 0.05) is 37.7 Å². The highest BCUT2D eigenvalue weighted by Gasteiger charge is 2.35. The van der Waals surface area contributed by atoms with Crippen LogP contribution in [0.5, 0.6) is 5.75 Å². The summed E-state index contributed by atoms with van der Waals surface area (Å²) in [6.45, 7) is 4.33. The van der Waals surface area contributed by atoms with Crippen molar-refractivity contribution in [1.82, 2.24) is 15.1 Å². The van der Waals surface area contributed by atoms with Gasteiger partial charge in [-0.3, -0.25) is 24.7 Å². The molecule has 3 aromatic carbocycles. The maximum Gasteiger partial charge on any atom is 0.243 e. The summed E-state index contributed by atoms with van der Waals surface area (Å²) in [5.41, 5.74) is 5.18. The SMILES string of the molecule is O=C1CCC(N2Cc3cccc(OCc4ccc(CN5CCC(c6ccc(F)cc6F)CC5)cc4)c3C2)C(=O)N1. The Morgan fingerprint density at radius 1 is 0.900 bits per heavy atom. The van der Waals surface area contributed by atoms with Crippen LogP contribution in [0.4, 0.5) is 8.78 Å². The number of ether oxygens (including phenoxy) is 1. The number of hydrogen-bond acceptors (Lipinski definition) is 5. The molecule has 0 saturated carbocycles. The summed E-state index contributed by atoms with van der Waals surface area (Å²) in [5, 5.41) is 2.46. The van der Waals surface area contributed by atoms with E-state index >= 15 is 0 Å². The number of benzene rings is 3. The van der Waals surface area contributed by atoms with E-state index in [0.29, 0.717) is 38.1 Å². The number of amides is 2. The summed E-state index contributed by atoms with van der Waals surface area (Å²) >= 11 is 0. The van der Waals surface area contributed by atoms with Crippen LogP contribution in [0.2, 0.25) is 0 Å². The Bertz CT molecular complexity index is 1400. The summed E-state index contributed by atoms with van der Waals surface area (Å²) in [6, 6.07) is 18.1. The minimum absolute atomic E-state index is 0.131. The largest absolute Gasteiger partial charge is 0.489 e. The van der Waals surface area contributed by atoms with Crippen LogP contribution in [0, 0.1) is 11.6 Å². The van der Waals surface area contributed by atoms with Gasteiger partial charge in [0.15, 0.2) is 0 Å². The highest BCUT2D eigenvalue weighted by atomic mass is 19.1. The van der Waals surface area contributed by atoms with Crippen molar-refractivity contribution in [2.24, 2.45) is 0 Å². The van der Waals surface area contributed by atoms with Crippen molar-refractivity contribution in [3.8, 4) is 5.75 Å². The second-order valence-electron chi connectivity index (χ2n) is 11.1. The lowest BCUT2D eigenvalue weighted by molar-refractivity contribution is -0.137. The van der Waals surface area contributed by atoms with E-state index in [1.165, 1.54) is 11.6 Å². The first-order valence-electron chi connectivity index (χ1n) is 14.0.